The molecule has 0 saturated heterocycles. The Morgan fingerprint density at radius 2 is 2.06 bits per heavy atom. The van der Waals surface area contributed by atoms with Gasteiger partial charge in [0.15, 0.2) is 0 Å². The second-order valence-corrected chi connectivity index (χ2v) is 3.73. The number of nitrogens with one attached hydrogen (secondary N) is 2. The summed E-state index contributed by atoms with van der Waals surface area (Å²) in [5.41, 5.74) is 7.42. The van der Waals surface area contributed by atoms with Gasteiger partial charge in [-0.1, -0.05) is 0 Å². The smallest absolute Gasteiger partial charge is 0.303 e. The minimum absolute atomic E-state index is 0.0332. The lowest BCUT2D eigenvalue weighted by atomic mass is 10.1. The topological polar surface area (TPSA) is 109 Å². The van der Waals surface area contributed by atoms with E-state index in [4.69, 9.17) is 20.3 Å². The van der Waals surface area contributed by atoms with Gasteiger partial charge in [-0.15, -0.1) is 0 Å². The Bertz CT molecular complexity index is 248. The van der Waals surface area contributed by atoms with E-state index in [-0.39, 0.29) is 12.8 Å². The van der Waals surface area contributed by atoms with Crippen LogP contribution in [-0.2, 0) is 19.1 Å². The lowest BCUT2D eigenvalue weighted by Gasteiger charge is -2.10. The molecule has 0 fully saturated rings. The first kappa shape index (κ1) is 16.8. The molecular formula is C11H21N2O5. The standard InChI is InChI=1S/C11H21N2O5/c1-17-7-8-18-6-2-5-13-11(16)9(12)3-4-10(14)15/h9,12H,2-8H2,1H3,(H,13,16)(H,14,15). The lowest BCUT2D eigenvalue weighted by molar-refractivity contribution is -0.137. The van der Waals surface area contributed by atoms with E-state index >= 15 is 0 Å². The van der Waals surface area contributed by atoms with Gasteiger partial charge in [-0.25, -0.2) is 5.73 Å². The van der Waals surface area contributed by atoms with Gasteiger partial charge < -0.3 is 19.9 Å². The normalized spacial score (nSPS) is 12.1. The van der Waals surface area contributed by atoms with Gasteiger partial charge in [0.05, 0.1) is 13.2 Å². The lowest BCUT2D eigenvalue weighted by Crippen LogP contribution is -2.36. The van der Waals surface area contributed by atoms with Crippen molar-refractivity contribution in [3.05, 3.63) is 0 Å². The fourth-order valence-corrected chi connectivity index (χ4v) is 1.15. The van der Waals surface area contributed by atoms with Crippen molar-refractivity contribution >= 4 is 11.9 Å². The third kappa shape index (κ3) is 10.0. The second kappa shape index (κ2) is 10.9. The van der Waals surface area contributed by atoms with Crippen molar-refractivity contribution in [2.45, 2.75) is 25.3 Å². The van der Waals surface area contributed by atoms with Gasteiger partial charge >= 0.3 is 5.97 Å². The van der Waals surface area contributed by atoms with Crippen molar-refractivity contribution in [2.24, 2.45) is 0 Å². The van der Waals surface area contributed by atoms with Crippen molar-refractivity contribution in [1.82, 2.24) is 11.1 Å². The molecule has 0 aromatic carbocycles. The van der Waals surface area contributed by atoms with Crippen LogP contribution in [0.1, 0.15) is 19.3 Å². The second-order valence-electron chi connectivity index (χ2n) is 3.73. The van der Waals surface area contributed by atoms with E-state index in [1.165, 1.54) is 0 Å². The van der Waals surface area contributed by atoms with Crippen LogP contribution in [0.3, 0.4) is 0 Å². The SMILES string of the molecule is COCCOCCCNC(=O)C([NH])CCC(=O)O. The summed E-state index contributed by atoms with van der Waals surface area (Å²) in [7, 11) is 1.59. The molecule has 0 aromatic heterocycles. The number of hydrogen-bond acceptors (Lipinski definition) is 4. The first-order chi connectivity index (χ1) is 8.57. The quantitative estimate of drug-likeness (QED) is 0.495. The van der Waals surface area contributed by atoms with E-state index < -0.39 is 17.9 Å². The summed E-state index contributed by atoms with van der Waals surface area (Å²) < 4.78 is 9.99. The number of aliphatic carboxylic acids is 1. The molecule has 0 aliphatic rings. The largest absolute Gasteiger partial charge is 0.481 e. The molecule has 7 nitrogen and oxygen atoms in total. The molecular weight excluding hydrogens is 240 g/mol. The van der Waals surface area contributed by atoms with Crippen molar-refractivity contribution in [3.8, 4) is 0 Å². The van der Waals surface area contributed by atoms with Gasteiger partial charge in [0.2, 0.25) is 5.91 Å². The molecule has 1 unspecified atom stereocenters. The summed E-state index contributed by atoms with van der Waals surface area (Å²) in [6, 6.07) is -1.02. The van der Waals surface area contributed by atoms with Crippen molar-refractivity contribution in [1.29, 1.82) is 0 Å². The monoisotopic (exact) mass is 261 g/mol. The van der Waals surface area contributed by atoms with Gasteiger partial charge in [-0.05, 0) is 12.8 Å². The Morgan fingerprint density at radius 1 is 1.33 bits per heavy atom. The third-order valence-electron chi connectivity index (χ3n) is 2.16. The predicted molar refractivity (Wildman–Crippen MR) is 64.1 cm³/mol. The Labute approximate surface area is 107 Å². The highest BCUT2D eigenvalue weighted by molar-refractivity contribution is 5.81. The van der Waals surface area contributed by atoms with Gasteiger partial charge in [0, 0.05) is 26.7 Å². The Balaban J connectivity index is 3.43. The van der Waals surface area contributed by atoms with E-state index in [9.17, 15) is 9.59 Å². The van der Waals surface area contributed by atoms with Gasteiger partial charge in [0.25, 0.3) is 0 Å². The van der Waals surface area contributed by atoms with Gasteiger partial charge in [-0.2, -0.15) is 0 Å². The maximum Gasteiger partial charge on any atom is 0.303 e. The number of methoxy groups -OCH3 is 1. The molecule has 1 atom stereocenters. The molecule has 1 radical (unpaired) electrons. The van der Waals surface area contributed by atoms with Crippen LogP contribution in [-0.4, -0.2) is 56.5 Å². The number of carboxylic acids is 1. The number of carboxylic acid groups (broad SMARTS) is 1. The van der Waals surface area contributed by atoms with Crippen molar-refractivity contribution in [2.75, 3.05) is 33.5 Å². The van der Waals surface area contributed by atoms with Crippen LogP contribution in [0.15, 0.2) is 0 Å². The van der Waals surface area contributed by atoms with E-state index in [0.717, 1.165) is 0 Å². The van der Waals surface area contributed by atoms with Crippen LogP contribution < -0.4 is 11.1 Å². The maximum atomic E-state index is 11.3. The molecule has 0 aliphatic heterocycles. The zero-order valence-electron chi connectivity index (χ0n) is 10.6. The number of hydrogen-bond donors (Lipinski definition) is 2. The van der Waals surface area contributed by atoms with Crippen LogP contribution in [0, 0.1) is 0 Å². The molecule has 18 heavy (non-hydrogen) atoms. The van der Waals surface area contributed by atoms with E-state index in [1.54, 1.807) is 7.11 Å². The summed E-state index contributed by atoms with van der Waals surface area (Å²) in [5.74, 6) is -1.43. The fraction of sp³-hybridized carbons (Fsp3) is 0.818. The summed E-state index contributed by atoms with van der Waals surface area (Å²) in [5, 5.41) is 11.0. The van der Waals surface area contributed by atoms with E-state index in [0.29, 0.717) is 32.8 Å². The van der Waals surface area contributed by atoms with Crippen LogP contribution in [0.25, 0.3) is 0 Å². The average Bonchev–Trinajstić information content (AvgIpc) is 2.34. The minimum atomic E-state index is -1.02. The minimum Gasteiger partial charge on any atom is -0.481 e. The molecule has 0 heterocycles. The Morgan fingerprint density at radius 3 is 2.67 bits per heavy atom. The van der Waals surface area contributed by atoms with Crippen molar-refractivity contribution < 1.29 is 24.2 Å². The van der Waals surface area contributed by atoms with E-state index in [2.05, 4.69) is 5.32 Å². The molecule has 0 spiro atoms. The third-order valence-corrected chi connectivity index (χ3v) is 2.16. The summed E-state index contributed by atoms with van der Waals surface area (Å²) in [4.78, 5) is 21.6. The zero-order chi connectivity index (χ0) is 13.8. The number of carbonyl (C=O) groups is 2. The highest BCUT2D eigenvalue weighted by atomic mass is 16.5. The van der Waals surface area contributed by atoms with Crippen LogP contribution >= 0.6 is 0 Å². The van der Waals surface area contributed by atoms with Crippen LogP contribution in [0.4, 0.5) is 0 Å². The molecule has 0 aliphatic carbocycles. The Kier molecular flexibility index (Phi) is 10.2. The molecule has 1 amide bonds. The first-order valence-corrected chi connectivity index (χ1v) is 5.85. The molecule has 105 valence electrons. The number of carbonyl (C=O) groups excluding carboxylic acids is 1. The van der Waals surface area contributed by atoms with Crippen LogP contribution in [0.2, 0.25) is 0 Å². The number of amides is 1. The maximum absolute atomic E-state index is 11.3. The predicted octanol–water partition coefficient (Wildman–Crippen LogP) is -0.328. The molecule has 0 aromatic rings. The number of rotatable bonds is 11. The summed E-state index contributed by atoms with van der Waals surface area (Å²) >= 11 is 0. The summed E-state index contributed by atoms with van der Waals surface area (Å²) in [6.07, 6.45) is 0.522. The fourth-order valence-electron chi connectivity index (χ4n) is 1.15. The Hall–Kier alpha value is -1.18. The van der Waals surface area contributed by atoms with Crippen LogP contribution in [0.5, 0.6) is 0 Å². The first-order valence-electron chi connectivity index (χ1n) is 5.85. The molecule has 0 saturated carbocycles. The molecule has 0 bridgehead atoms. The summed E-state index contributed by atoms with van der Waals surface area (Å²) in [6.45, 7) is 2.00. The van der Waals surface area contributed by atoms with E-state index in [1.807, 2.05) is 0 Å². The number of ether oxygens (including phenoxy) is 2. The highest BCUT2D eigenvalue weighted by Crippen LogP contribution is 1.96. The zero-order valence-corrected chi connectivity index (χ0v) is 10.6. The molecule has 3 N–H and O–H groups in total. The molecule has 7 heteroatoms. The average molecular weight is 261 g/mol. The van der Waals surface area contributed by atoms with Crippen molar-refractivity contribution in [3.63, 3.8) is 0 Å². The molecule has 0 rings (SSSR count). The highest BCUT2D eigenvalue weighted by Gasteiger charge is 2.14. The van der Waals surface area contributed by atoms with Gasteiger partial charge in [-0.3, -0.25) is 9.59 Å². The van der Waals surface area contributed by atoms with Gasteiger partial charge in [0.1, 0.15) is 6.04 Å².